The van der Waals surface area contributed by atoms with Gasteiger partial charge in [-0.25, -0.2) is 9.78 Å². The third-order valence-electron chi connectivity index (χ3n) is 5.79. The molecule has 1 aliphatic heterocycles. The van der Waals surface area contributed by atoms with E-state index >= 15 is 0 Å². The van der Waals surface area contributed by atoms with Crippen LogP contribution >= 0.6 is 11.3 Å². The number of rotatable bonds is 6. The lowest BCUT2D eigenvalue weighted by molar-refractivity contribution is 0.0688. The molecule has 10 nitrogen and oxygen atoms in total. The lowest BCUT2D eigenvalue weighted by Gasteiger charge is -2.27. The van der Waals surface area contributed by atoms with E-state index in [1.165, 1.54) is 25.6 Å². The molecule has 3 aromatic heterocycles. The van der Waals surface area contributed by atoms with Gasteiger partial charge in [-0.05, 0) is 24.6 Å². The first-order chi connectivity index (χ1) is 16.4. The second-order valence-electron chi connectivity index (χ2n) is 7.86. The minimum atomic E-state index is -1.15. The Balaban J connectivity index is 1.71. The molecular weight excluding hydrogens is 460 g/mol. The largest absolute Gasteiger partial charge is 0.493 e. The van der Waals surface area contributed by atoms with Crippen LogP contribution in [0.1, 0.15) is 43.1 Å². The van der Waals surface area contributed by atoms with Gasteiger partial charge in [0, 0.05) is 35.2 Å². The fourth-order valence-corrected chi connectivity index (χ4v) is 5.54. The number of nitrogens with zero attached hydrogens (tertiary/aromatic N) is 1. The van der Waals surface area contributed by atoms with Crippen LogP contribution in [0.5, 0.6) is 11.5 Å². The minimum absolute atomic E-state index is 0.0443. The van der Waals surface area contributed by atoms with Gasteiger partial charge in [-0.3, -0.25) is 4.79 Å². The number of anilines is 1. The molecule has 34 heavy (non-hydrogen) atoms. The summed E-state index contributed by atoms with van der Waals surface area (Å²) in [5.41, 5.74) is 3.21. The van der Waals surface area contributed by atoms with E-state index in [-0.39, 0.29) is 11.6 Å². The SMILES string of the molecule is COCc1cc(C)nc2sc3c(c12)N[C@H](c1c(C(=O)O)[nH]c2cc(OC)c(OC)cc12)NC3=O. The number of carbonyl (C=O) groups is 2. The highest BCUT2D eigenvalue weighted by Crippen LogP contribution is 2.43. The topological polar surface area (TPSA) is 135 Å². The van der Waals surface area contributed by atoms with Crippen LogP contribution in [0.15, 0.2) is 18.2 Å². The predicted octanol–water partition coefficient (Wildman–Crippen LogP) is 3.80. The molecule has 4 aromatic rings. The highest BCUT2D eigenvalue weighted by atomic mass is 32.1. The highest BCUT2D eigenvalue weighted by molar-refractivity contribution is 7.21. The number of hydrogen-bond acceptors (Lipinski definition) is 8. The number of amides is 1. The van der Waals surface area contributed by atoms with Gasteiger partial charge in [0.1, 0.15) is 21.6 Å². The molecule has 1 atom stereocenters. The molecule has 0 fully saturated rings. The number of aromatic amines is 1. The number of pyridine rings is 1. The fraction of sp³-hybridized carbons (Fsp3) is 0.261. The molecule has 5 rings (SSSR count). The first kappa shape index (κ1) is 22.0. The zero-order valence-electron chi connectivity index (χ0n) is 18.9. The maximum Gasteiger partial charge on any atom is 0.352 e. The smallest absolute Gasteiger partial charge is 0.352 e. The molecule has 0 spiro atoms. The number of nitrogens with one attached hydrogen (secondary N) is 3. The molecule has 0 radical (unpaired) electrons. The Labute approximate surface area is 197 Å². The number of carbonyl (C=O) groups excluding carboxylic acids is 1. The second kappa shape index (κ2) is 8.19. The van der Waals surface area contributed by atoms with Crippen molar-refractivity contribution in [2.45, 2.75) is 19.7 Å². The van der Waals surface area contributed by atoms with Gasteiger partial charge >= 0.3 is 5.97 Å². The third kappa shape index (κ3) is 3.32. The summed E-state index contributed by atoms with van der Waals surface area (Å²) < 4.78 is 16.1. The molecular formula is C23H22N4O6S. The van der Waals surface area contributed by atoms with Crippen LogP contribution in [0.4, 0.5) is 5.69 Å². The molecule has 4 N–H and O–H groups in total. The van der Waals surface area contributed by atoms with Gasteiger partial charge in [0.05, 0.1) is 32.0 Å². The van der Waals surface area contributed by atoms with Gasteiger partial charge in [0.25, 0.3) is 5.91 Å². The van der Waals surface area contributed by atoms with Crippen molar-refractivity contribution in [1.29, 1.82) is 0 Å². The van der Waals surface area contributed by atoms with Crippen molar-refractivity contribution < 1.29 is 28.9 Å². The number of aryl methyl sites for hydroxylation is 1. The van der Waals surface area contributed by atoms with Crippen LogP contribution in [-0.2, 0) is 11.3 Å². The van der Waals surface area contributed by atoms with Gasteiger partial charge < -0.3 is 34.9 Å². The summed E-state index contributed by atoms with van der Waals surface area (Å²) in [5.74, 6) is -0.567. The molecule has 0 bridgehead atoms. The zero-order chi connectivity index (χ0) is 24.1. The highest BCUT2D eigenvalue weighted by Gasteiger charge is 2.34. The van der Waals surface area contributed by atoms with Crippen LogP contribution in [0, 0.1) is 6.92 Å². The number of H-pyrrole nitrogens is 1. The van der Waals surface area contributed by atoms with Gasteiger partial charge in [0.2, 0.25) is 0 Å². The number of methoxy groups -OCH3 is 3. The Bertz CT molecular complexity index is 1470. The summed E-state index contributed by atoms with van der Waals surface area (Å²) in [6, 6.07) is 5.29. The Kier molecular flexibility index (Phi) is 5.29. The fourth-order valence-electron chi connectivity index (χ4n) is 4.41. The first-order valence-electron chi connectivity index (χ1n) is 10.4. The van der Waals surface area contributed by atoms with E-state index in [2.05, 4.69) is 20.6 Å². The molecule has 0 unspecified atom stereocenters. The number of ether oxygens (including phenoxy) is 3. The molecule has 1 aromatic carbocycles. The molecule has 176 valence electrons. The zero-order valence-corrected chi connectivity index (χ0v) is 19.7. The quantitative estimate of drug-likeness (QED) is 0.326. The van der Waals surface area contributed by atoms with Crippen molar-refractivity contribution in [3.8, 4) is 11.5 Å². The van der Waals surface area contributed by atoms with Crippen LogP contribution in [0.3, 0.4) is 0 Å². The Morgan fingerprint density at radius 2 is 1.88 bits per heavy atom. The summed E-state index contributed by atoms with van der Waals surface area (Å²) in [4.78, 5) is 34.0. The Morgan fingerprint density at radius 1 is 1.15 bits per heavy atom. The van der Waals surface area contributed by atoms with Gasteiger partial charge in [0.15, 0.2) is 11.5 Å². The van der Waals surface area contributed by atoms with Gasteiger partial charge in [-0.15, -0.1) is 11.3 Å². The predicted molar refractivity (Wildman–Crippen MR) is 127 cm³/mol. The van der Waals surface area contributed by atoms with E-state index in [0.717, 1.165) is 16.6 Å². The Morgan fingerprint density at radius 3 is 2.56 bits per heavy atom. The number of hydrogen-bond donors (Lipinski definition) is 4. The van der Waals surface area contributed by atoms with Gasteiger partial charge in [-0.1, -0.05) is 0 Å². The molecule has 4 heterocycles. The van der Waals surface area contributed by atoms with Crippen molar-refractivity contribution in [3.05, 3.63) is 45.6 Å². The number of carboxylic acids is 1. The first-order valence-corrected chi connectivity index (χ1v) is 11.2. The van der Waals surface area contributed by atoms with Crippen molar-refractivity contribution in [2.75, 3.05) is 26.6 Å². The van der Waals surface area contributed by atoms with Crippen LogP contribution in [0.25, 0.3) is 21.1 Å². The number of benzene rings is 1. The van der Waals surface area contributed by atoms with E-state index < -0.39 is 12.1 Å². The monoisotopic (exact) mass is 482 g/mol. The molecule has 1 amide bonds. The van der Waals surface area contributed by atoms with E-state index in [1.807, 2.05) is 13.0 Å². The number of aromatic nitrogens is 2. The number of aromatic carboxylic acids is 1. The number of fused-ring (bicyclic) bond motifs is 4. The standard InChI is InChI=1S/C23H22N4O6S/c1-9-5-10(8-31-2)15-17-19(34-22(15)24-9)21(28)27-20(26-17)16-11-6-13(32-3)14(33-4)7-12(11)25-18(16)23(29)30/h5-7,20,25-26H,8H2,1-4H3,(H,27,28)(H,29,30)/t20-/m0/s1. The van der Waals surface area contributed by atoms with E-state index in [9.17, 15) is 14.7 Å². The van der Waals surface area contributed by atoms with Crippen molar-refractivity contribution in [1.82, 2.24) is 15.3 Å². The summed E-state index contributed by atoms with van der Waals surface area (Å²) in [5, 5.41) is 17.6. The van der Waals surface area contributed by atoms with Crippen molar-refractivity contribution >= 4 is 50.0 Å². The maximum atomic E-state index is 13.2. The molecule has 0 aliphatic carbocycles. The lowest BCUT2D eigenvalue weighted by Crippen LogP contribution is -2.38. The van der Waals surface area contributed by atoms with E-state index in [1.54, 1.807) is 19.2 Å². The normalized spacial score (nSPS) is 15.2. The third-order valence-corrected chi connectivity index (χ3v) is 6.87. The van der Waals surface area contributed by atoms with E-state index in [0.29, 0.717) is 50.0 Å². The lowest BCUT2D eigenvalue weighted by atomic mass is 10.0. The Hall–Kier alpha value is -3.83. The second-order valence-corrected chi connectivity index (χ2v) is 8.86. The van der Waals surface area contributed by atoms with Crippen LogP contribution in [-0.4, -0.2) is 48.3 Å². The average Bonchev–Trinajstić information content (AvgIpc) is 3.36. The summed E-state index contributed by atoms with van der Waals surface area (Å²) in [6.45, 7) is 2.24. The van der Waals surface area contributed by atoms with Crippen molar-refractivity contribution in [2.24, 2.45) is 0 Å². The number of thiophene rings is 1. The average molecular weight is 483 g/mol. The molecule has 11 heteroatoms. The molecule has 0 saturated carbocycles. The maximum absolute atomic E-state index is 13.2. The summed E-state index contributed by atoms with van der Waals surface area (Å²) >= 11 is 1.28. The number of carboxylic acid groups (broad SMARTS) is 1. The van der Waals surface area contributed by atoms with Gasteiger partial charge in [-0.2, -0.15) is 0 Å². The molecule has 1 aliphatic rings. The van der Waals surface area contributed by atoms with Crippen molar-refractivity contribution in [3.63, 3.8) is 0 Å². The summed E-state index contributed by atoms with van der Waals surface area (Å²) in [7, 11) is 4.62. The molecule has 0 saturated heterocycles. The summed E-state index contributed by atoms with van der Waals surface area (Å²) in [6.07, 6.45) is -0.813. The van der Waals surface area contributed by atoms with Crippen LogP contribution < -0.4 is 20.1 Å². The van der Waals surface area contributed by atoms with Crippen LogP contribution in [0.2, 0.25) is 0 Å². The van der Waals surface area contributed by atoms with E-state index in [4.69, 9.17) is 14.2 Å². The minimum Gasteiger partial charge on any atom is -0.493 e.